The van der Waals surface area contributed by atoms with Crippen LogP contribution in [0, 0.1) is 0 Å². The van der Waals surface area contributed by atoms with Gasteiger partial charge in [0, 0.05) is 5.56 Å². The first-order valence-corrected chi connectivity index (χ1v) is 4.82. The predicted molar refractivity (Wildman–Crippen MR) is 58.7 cm³/mol. The molecule has 0 bridgehead atoms. The lowest BCUT2D eigenvalue weighted by Gasteiger charge is -2.23. The van der Waals surface area contributed by atoms with Crippen LogP contribution in [0.3, 0.4) is 0 Å². The first-order chi connectivity index (χ1) is 7.41. The number of carbonyl (C=O) groups is 2. The summed E-state index contributed by atoms with van der Waals surface area (Å²) in [4.78, 5) is 22.3. The average Bonchev–Trinajstić information content (AvgIpc) is 2.27. The normalized spacial score (nSPS) is 10.9. The van der Waals surface area contributed by atoms with Crippen LogP contribution in [0.5, 0.6) is 5.75 Å². The van der Waals surface area contributed by atoms with Crippen molar-refractivity contribution in [1.29, 1.82) is 0 Å². The molecule has 0 saturated heterocycles. The first kappa shape index (κ1) is 12.2. The molecule has 0 aromatic heterocycles. The molecule has 0 amide bonds. The van der Waals surface area contributed by atoms with E-state index in [9.17, 15) is 9.59 Å². The third kappa shape index (κ3) is 2.05. The Morgan fingerprint density at radius 3 is 2.31 bits per heavy atom. The fourth-order valence-electron chi connectivity index (χ4n) is 1.55. The number of Topliss-reactive ketones (excluding diaryl/α,β-unsaturated/α-hetero) is 1. The van der Waals surface area contributed by atoms with Gasteiger partial charge in [0.15, 0.2) is 0 Å². The topological polar surface area (TPSA) is 63.6 Å². The van der Waals surface area contributed by atoms with Crippen LogP contribution in [0.2, 0.25) is 0 Å². The molecule has 4 heteroatoms. The predicted octanol–water partition coefficient (Wildman–Crippen LogP) is 1.63. The summed E-state index contributed by atoms with van der Waals surface area (Å²) in [5.41, 5.74) is -0.525. The molecule has 1 N–H and O–H groups in total. The largest absolute Gasteiger partial charge is 0.496 e. The number of ether oxygens (including phenoxy) is 1. The van der Waals surface area contributed by atoms with E-state index >= 15 is 0 Å². The van der Waals surface area contributed by atoms with Crippen molar-refractivity contribution >= 4 is 11.8 Å². The zero-order chi connectivity index (χ0) is 12.3. The van der Waals surface area contributed by atoms with Crippen LogP contribution in [0.4, 0.5) is 0 Å². The molecule has 0 aliphatic heterocycles. The zero-order valence-electron chi connectivity index (χ0n) is 9.48. The third-order valence-corrected chi connectivity index (χ3v) is 2.54. The molecule has 1 rings (SSSR count). The minimum absolute atomic E-state index is 0.516. The Labute approximate surface area is 93.9 Å². The van der Waals surface area contributed by atoms with Crippen LogP contribution < -0.4 is 4.74 Å². The quantitative estimate of drug-likeness (QED) is 0.786. The van der Waals surface area contributed by atoms with Gasteiger partial charge >= 0.3 is 5.97 Å². The number of methoxy groups -OCH3 is 1. The van der Waals surface area contributed by atoms with Gasteiger partial charge in [-0.2, -0.15) is 0 Å². The second kappa shape index (κ2) is 4.35. The first-order valence-electron chi connectivity index (χ1n) is 4.82. The van der Waals surface area contributed by atoms with Crippen LogP contribution >= 0.6 is 0 Å². The Kier molecular flexibility index (Phi) is 3.32. The van der Waals surface area contributed by atoms with Crippen LogP contribution in [-0.4, -0.2) is 24.0 Å². The monoisotopic (exact) mass is 222 g/mol. The summed E-state index contributed by atoms with van der Waals surface area (Å²) >= 11 is 0. The maximum Gasteiger partial charge on any atom is 0.373 e. The van der Waals surface area contributed by atoms with Crippen molar-refractivity contribution in [2.75, 3.05) is 7.11 Å². The molecule has 0 fully saturated rings. The number of ketones is 1. The Balaban J connectivity index is 3.26. The number of benzene rings is 1. The highest BCUT2D eigenvalue weighted by molar-refractivity contribution is 6.36. The van der Waals surface area contributed by atoms with Gasteiger partial charge in [0.25, 0.3) is 0 Å². The summed E-state index contributed by atoms with van der Waals surface area (Å²) in [5.74, 6) is -1.77. The molecule has 16 heavy (non-hydrogen) atoms. The number of rotatable bonds is 4. The van der Waals surface area contributed by atoms with E-state index in [1.165, 1.54) is 7.11 Å². The number of aliphatic carboxylic acids is 1. The van der Waals surface area contributed by atoms with E-state index in [1.807, 2.05) is 0 Å². The van der Waals surface area contributed by atoms with Gasteiger partial charge in [-0.15, -0.1) is 0 Å². The molecule has 0 radical (unpaired) electrons. The summed E-state index contributed by atoms with van der Waals surface area (Å²) in [6.45, 7) is 3.14. The lowest BCUT2D eigenvalue weighted by atomic mass is 9.80. The number of carbonyl (C=O) groups excluding carboxylic acids is 1. The molecule has 0 spiro atoms. The fourth-order valence-corrected chi connectivity index (χ4v) is 1.55. The van der Waals surface area contributed by atoms with Crippen molar-refractivity contribution in [1.82, 2.24) is 0 Å². The van der Waals surface area contributed by atoms with Gasteiger partial charge in [-0.1, -0.05) is 18.2 Å². The molecule has 0 aliphatic carbocycles. The smallest absolute Gasteiger partial charge is 0.373 e. The van der Waals surface area contributed by atoms with E-state index < -0.39 is 17.2 Å². The van der Waals surface area contributed by atoms with Crippen LogP contribution in [-0.2, 0) is 15.0 Å². The van der Waals surface area contributed by atoms with E-state index in [-0.39, 0.29) is 0 Å². The van der Waals surface area contributed by atoms with Crippen LogP contribution in [0.25, 0.3) is 0 Å². The van der Waals surface area contributed by atoms with Gasteiger partial charge in [-0.25, -0.2) is 4.79 Å². The second-order valence-corrected chi connectivity index (χ2v) is 3.96. The number of para-hydroxylation sites is 1. The molecule has 1 aromatic carbocycles. The Bertz CT molecular complexity index is 421. The summed E-state index contributed by atoms with van der Waals surface area (Å²) < 4.78 is 5.12. The molecular formula is C12H14O4. The fraction of sp³-hybridized carbons (Fsp3) is 0.333. The summed E-state index contributed by atoms with van der Waals surface area (Å²) in [6.07, 6.45) is 0. The lowest BCUT2D eigenvalue weighted by Crippen LogP contribution is -2.35. The molecule has 1 aromatic rings. The highest BCUT2D eigenvalue weighted by Crippen LogP contribution is 2.32. The van der Waals surface area contributed by atoms with Crippen LogP contribution in [0.1, 0.15) is 19.4 Å². The second-order valence-electron chi connectivity index (χ2n) is 3.96. The summed E-state index contributed by atoms with van der Waals surface area (Å²) in [7, 11) is 1.49. The molecule has 0 unspecified atom stereocenters. The maximum absolute atomic E-state index is 11.6. The SMILES string of the molecule is COc1ccccc1C(C)(C)C(=O)C(=O)O. The Hall–Kier alpha value is -1.84. The molecular weight excluding hydrogens is 208 g/mol. The number of carboxylic acid groups (broad SMARTS) is 1. The van der Waals surface area contributed by atoms with Crippen molar-refractivity contribution in [3.63, 3.8) is 0 Å². The van der Waals surface area contributed by atoms with Gasteiger partial charge in [-0.3, -0.25) is 4.79 Å². The maximum atomic E-state index is 11.6. The molecule has 0 heterocycles. The average molecular weight is 222 g/mol. The standard InChI is InChI=1S/C12H14O4/c1-12(2,10(13)11(14)15)8-6-4-5-7-9(8)16-3/h4-7H,1-3H3,(H,14,15). The molecule has 0 saturated carbocycles. The van der Waals surface area contributed by atoms with Crippen molar-refractivity contribution in [2.24, 2.45) is 0 Å². The summed E-state index contributed by atoms with van der Waals surface area (Å²) in [5, 5.41) is 8.75. The van der Waals surface area contributed by atoms with Gasteiger partial charge in [0.1, 0.15) is 5.75 Å². The molecule has 86 valence electrons. The molecule has 0 aliphatic rings. The van der Waals surface area contributed by atoms with Crippen LogP contribution in [0.15, 0.2) is 24.3 Å². The highest BCUT2D eigenvalue weighted by atomic mass is 16.5. The number of hydrogen-bond donors (Lipinski definition) is 1. The number of hydrogen-bond acceptors (Lipinski definition) is 3. The third-order valence-electron chi connectivity index (χ3n) is 2.54. The van der Waals surface area contributed by atoms with E-state index in [0.717, 1.165) is 0 Å². The minimum Gasteiger partial charge on any atom is -0.496 e. The van der Waals surface area contributed by atoms with E-state index in [4.69, 9.17) is 9.84 Å². The van der Waals surface area contributed by atoms with E-state index in [1.54, 1.807) is 38.1 Å². The lowest BCUT2D eigenvalue weighted by molar-refractivity contribution is -0.151. The minimum atomic E-state index is -1.43. The van der Waals surface area contributed by atoms with Crippen molar-refractivity contribution < 1.29 is 19.4 Å². The van der Waals surface area contributed by atoms with Crippen molar-refractivity contribution in [3.05, 3.63) is 29.8 Å². The van der Waals surface area contributed by atoms with E-state index in [2.05, 4.69) is 0 Å². The Morgan fingerprint density at radius 1 is 1.25 bits per heavy atom. The van der Waals surface area contributed by atoms with Gasteiger partial charge in [0.05, 0.1) is 12.5 Å². The van der Waals surface area contributed by atoms with Gasteiger partial charge in [0.2, 0.25) is 5.78 Å². The van der Waals surface area contributed by atoms with Gasteiger partial charge in [-0.05, 0) is 19.9 Å². The Morgan fingerprint density at radius 2 is 1.81 bits per heavy atom. The van der Waals surface area contributed by atoms with Crippen molar-refractivity contribution in [3.8, 4) is 5.75 Å². The molecule has 4 nitrogen and oxygen atoms in total. The zero-order valence-corrected chi connectivity index (χ0v) is 9.48. The molecule has 0 atom stereocenters. The van der Waals surface area contributed by atoms with Crippen molar-refractivity contribution in [2.45, 2.75) is 19.3 Å². The highest BCUT2D eigenvalue weighted by Gasteiger charge is 2.36. The van der Waals surface area contributed by atoms with Gasteiger partial charge < -0.3 is 9.84 Å². The summed E-state index contributed by atoms with van der Waals surface area (Å²) in [6, 6.07) is 6.91. The number of carboxylic acids is 1. The van der Waals surface area contributed by atoms with E-state index in [0.29, 0.717) is 11.3 Å².